The number of aryl methyl sites for hydroxylation is 1. The fraction of sp³-hybridized carbons (Fsp3) is 0.538. The fourth-order valence-corrected chi connectivity index (χ4v) is 3.55. The van der Waals surface area contributed by atoms with E-state index in [2.05, 4.69) is 34.8 Å². The van der Waals surface area contributed by atoms with Gasteiger partial charge in [-0.15, -0.1) is 0 Å². The fourth-order valence-electron chi connectivity index (χ4n) is 2.40. The second-order valence-electron chi connectivity index (χ2n) is 4.77. The molecule has 1 unspecified atom stereocenters. The van der Waals surface area contributed by atoms with Gasteiger partial charge in [0, 0.05) is 12.6 Å². The molecule has 2 aromatic rings. The van der Waals surface area contributed by atoms with Crippen molar-refractivity contribution in [2.24, 2.45) is 5.92 Å². The second kappa shape index (κ2) is 4.69. The maximum Gasteiger partial charge on any atom is 0.158 e. The van der Waals surface area contributed by atoms with E-state index in [-0.39, 0.29) is 0 Å². The van der Waals surface area contributed by atoms with Crippen LogP contribution in [0.3, 0.4) is 0 Å². The molecule has 0 aliphatic carbocycles. The zero-order valence-electron chi connectivity index (χ0n) is 10.1. The van der Waals surface area contributed by atoms with Gasteiger partial charge >= 0.3 is 0 Å². The van der Waals surface area contributed by atoms with Gasteiger partial charge in [0.25, 0.3) is 0 Å². The third kappa shape index (κ3) is 2.32. The minimum absolute atomic E-state index is 0.770. The SMILES string of the molecule is Cc1cccn2nc(CC3CCCSC3)nc12. The molecule has 0 aromatic carbocycles. The Bertz CT molecular complexity index is 514. The smallest absolute Gasteiger partial charge is 0.158 e. The molecule has 1 saturated heterocycles. The molecule has 17 heavy (non-hydrogen) atoms. The zero-order chi connectivity index (χ0) is 11.7. The molecule has 90 valence electrons. The molecule has 0 bridgehead atoms. The molecule has 3 rings (SSSR count). The highest BCUT2D eigenvalue weighted by Gasteiger charge is 2.17. The molecule has 3 nitrogen and oxygen atoms in total. The quantitative estimate of drug-likeness (QED) is 0.817. The van der Waals surface area contributed by atoms with E-state index in [0.717, 1.165) is 23.8 Å². The molecule has 0 amide bonds. The summed E-state index contributed by atoms with van der Waals surface area (Å²) >= 11 is 2.07. The van der Waals surface area contributed by atoms with Crippen molar-refractivity contribution < 1.29 is 0 Å². The number of rotatable bonds is 2. The first-order chi connectivity index (χ1) is 8.33. The van der Waals surface area contributed by atoms with E-state index in [1.165, 1.54) is 29.9 Å². The molecule has 1 aliphatic rings. The Morgan fingerprint density at radius 1 is 1.53 bits per heavy atom. The van der Waals surface area contributed by atoms with Crippen LogP contribution in [0.25, 0.3) is 5.65 Å². The Hall–Kier alpha value is -1.03. The van der Waals surface area contributed by atoms with E-state index >= 15 is 0 Å². The third-order valence-corrected chi connectivity index (χ3v) is 4.61. The lowest BCUT2D eigenvalue weighted by molar-refractivity contribution is 0.508. The molecule has 0 spiro atoms. The first-order valence-electron chi connectivity index (χ1n) is 6.21. The first kappa shape index (κ1) is 11.1. The van der Waals surface area contributed by atoms with Crippen LogP contribution in [0.1, 0.15) is 24.2 Å². The van der Waals surface area contributed by atoms with Crippen LogP contribution >= 0.6 is 11.8 Å². The number of hydrogen-bond acceptors (Lipinski definition) is 3. The van der Waals surface area contributed by atoms with E-state index in [0.29, 0.717) is 0 Å². The number of hydrogen-bond donors (Lipinski definition) is 0. The van der Waals surface area contributed by atoms with Crippen molar-refractivity contribution in [3.8, 4) is 0 Å². The summed E-state index contributed by atoms with van der Waals surface area (Å²) in [6.45, 7) is 2.09. The molecule has 0 radical (unpaired) electrons. The van der Waals surface area contributed by atoms with Crippen molar-refractivity contribution in [2.45, 2.75) is 26.2 Å². The average Bonchev–Trinajstić information content (AvgIpc) is 2.74. The Morgan fingerprint density at radius 3 is 3.24 bits per heavy atom. The molecule has 1 fully saturated rings. The van der Waals surface area contributed by atoms with Crippen molar-refractivity contribution in [3.05, 3.63) is 29.7 Å². The summed E-state index contributed by atoms with van der Waals surface area (Å²) in [4.78, 5) is 4.65. The summed E-state index contributed by atoms with van der Waals surface area (Å²) in [7, 11) is 0. The highest BCUT2D eigenvalue weighted by molar-refractivity contribution is 7.99. The van der Waals surface area contributed by atoms with Crippen molar-refractivity contribution in [3.63, 3.8) is 0 Å². The largest absolute Gasteiger partial charge is 0.221 e. The summed E-state index contributed by atoms with van der Waals surface area (Å²) < 4.78 is 1.90. The van der Waals surface area contributed by atoms with Crippen LogP contribution < -0.4 is 0 Å². The van der Waals surface area contributed by atoms with Crippen LogP contribution in [0.4, 0.5) is 0 Å². The van der Waals surface area contributed by atoms with Gasteiger partial charge in [0.1, 0.15) is 0 Å². The number of fused-ring (bicyclic) bond motifs is 1. The van der Waals surface area contributed by atoms with Crippen molar-refractivity contribution in [2.75, 3.05) is 11.5 Å². The Balaban J connectivity index is 1.83. The van der Waals surface area contributed by atoms with Crippen LogP contribution in [0.5, 0.6) is 0 Å². The van der Waals surface area contributed by atoms with Gasteiger partial charge in [-0.2, -0.15) is 16.9 Å². The monoisotopic (exact) mass is 247 g/mol. The van der Waals surface area contributed by atoms with Crippen LogP contribution in [0.15, 0.2) is 18.3 Å². The molecule has 0 saturated carbocycles. The van der Waals surface area contributed by atoms with Gasteiger partial charge in [-0.05, 0) is 48.8 Å². The van der Waals surface area contributed by atoms with Crippen molar-refractivity contribution in [1.82, 2.24) is 14.6 Å². The van der Waals surface area contributed by atoms with E-state index in [1.807, 2.05) is 16.8 Å². The number of nitrogens with zero attached hydrogens (tertiary/aromatic N) is 3. The molecule has 1 atom stereocenters. The summed E-state index contributed by atoms with van der Waals surface area (Å²) in [6, 6.07) is 4.11. The van der Waals surface area contributed by atoms with Gasteiger partial charge in [-0.1, -0.05) is 6.07 Å². The van der Waals surface area contributed by atoms with Crippen molar-refractivity contribution >= 4 is 17.4 Å². The highest BCUT2D eigenvalue weighted by atomic mass is 32.2. The van der Waals surface area contributed by atoms with Gasteiger partial charge < -0.3 is 0 Å². The van der Waals surface area contributed by atoms with Gasteiger partial charge in [0.15, 0.2) is 11.5 Å². The maximum atomic E-state index is 4.65. The Morgan fingerprint density at radius 2 is 2.47 bits per heavy atom. The topological polar surface area (TPSA) is 30.2 Å². The normalized spacial score (nSPS) is 20.9. The van der Waals surface area contributed by atoms with E-state index < -0.39 is 0 Å². The molecule has 2 aromatic heterocycles. The Kier molecular flexibility index (Phi) is 3.05. The van der Waals surface area contributed by atoms with Crippen LogP contribution in [-0.4, -0.2) is 26.1 Å². The first-order valence-corrected chi connectivity index (χ1v) is 7.37. The standard InChI is InChI=1S/C13H17N3S/c1-10-4-2-6-16-13(10)14-12(15-16)8-11-5-3-7-17-9-11/h2,4,6,11H,3,5,7-9H2,1H3. The lowest BCUT2D eigenvalue weighted by Crippen LogP contribution is -2.13. The van der Waals surface area contributed by atoms with E-state index in [1.54, 1.807) is 0 Å². The van der Waals surface area contributed by atoms with Crippen LogP contribution in [0.2, 0.25) is 0 Å². The number of aromatic nitrogens is 3. The third-order valence-electron chi connectivity index (χ3n) is 3.33. The molecular weight excluding hydrogens is 230 g/mol. The summed E-state index contributed by atoms with van der Waals surface area (Å²) in [5.74, 6) is 4.38. The molecule has 1 aliphatic heterocycles. The summed E-state index contributed by atoms with van der Waals surface area (Å²) in [6.07, 6.45) is 5.70. The van der Waals surface area contributed by atoms with E-state index in [4.69, 9.17) is 0 Å². The molecule has 0 N–H and O–H groups in total. The Labute approximate surface area is 106 Å². The molecule has 3 heterocycles. The number of thioether (sulfide) groups is 1. The van der Waals surface area contributed by atoms with Gasteiger partial charge in [-0.25, -0.2) is 9.50 Å². The minimum atomic E-state index is 0.770. The van der Waals surface area contributed by atoms with Crippen LogP contribution in [-0.2, 0) is 6.42 Å². The van der Waals surface area contributed by atoms with Crippen LogP contribution in [0, 0.1) is 12.8 Å². The van der Waals surface area contributed by atoms with Crippen molar-refractivity contribution in [1.29, 1.82) is 0 Å². The minimum Gasteiger partial charge on any atom is -0.221 e. The average molecular weight is 247 g/mol. The van der Waals surface area contributed by atoms with Gasteiger partial charge in [-0.3, -0.25) is 0 Å². The highest BCUT2D eigenvalue weighted by Crippen LogP contribution is 2.25. The van der Waals surface area contributed by atoms with Gasteiger partial charge in [0.2, 0.25) is 0 Å². The zero-order valence-corrected chi connectivity index (χ0v) is 10.9. The predicted octanol–water partition coefficient (Wildman–Crippen LogP) is 2.72. The summed E-state index contributed by atoms with van der Waals surface area (Å²) in [5, 5.41) is 4.56. The maximum absolute atomic E-state index is 4.65. The number of pyridine rings is 1. The lowest BCUT2D eigenvalue weighted by Gasteiger charge is -2.19. The van der Waals surface area contributed by atoms with E-state index in [9.17, 15) is 0 Å². The second-order valence-corrected chi connectivity index (χ2v) is 5.92. The summed E-state index contributed by atoms with van der Waals surface area (Å²) in [5.41, 5.74) is 2.20. The van der Waals surface area contributed by atoms with Gasteiger partial charge in [0.05, 0.1) is 0 Å². The molecule has 4 heteroatoms. The predicted molar refractivity (Wildman–Crippen MR) is 71.5 cm³/mol. The molecular formula is C13H17N3S. The lowest BCUT2D eigenvalue weighted by atomic mass is 10.0.